The van der Waals surface area contributed by atoms with Crippen molar-refractivity contribution in [1.82, 2.24) is 5.06 Å². The molecule has 1 amide bonds. The first kappa shape index (κ1) is 9.48. The van der Waals surface area contributed by atoms with E-state index in [1.807, 2.05) is 30.3 Å². The highest BCUT2D eigenvalue weighted by Crippen LogP contribution is 2.00. The van der Waals surface area contributed by atoms with Crippen LogP contribution in [0.5, 0.6) is 0 Å². The number of carbonyl (C=O) groups is 1. The lowest BCUT2D eigenvalue weighted by molar-refractivity contribution is -0.153. The highest BCUT2D eigenvalue weighted by atomic mass is 16.5. The maximum atomic E-state index is 10.9. The summed E-state index contributed by atoms with van der Waals surface area (Å²) in [6, 6.07) is 9.42. The fourth-order valence-electron chi connectivity index (χ4n) is 0.840. The second kappa shape index (κ2) is 4.42. The molecule has 0 aliphatic carbocycles. The van der Waals surface area contributed by atoms with Crippen molar-refractivity contribution in [2.24, 2.45) is 0 Å². The van der Waals surface area contributed by atoms with Crippen molar-refractivity contribution in [3.63, 3.8) is 0 Å². The molecule has 1 rings (SSSR count). The Labute approximate surface area is 76.9 Å². The van der Waals surface area contributed by atoms with E-state index in [1.165, 1.54) is 13.1 Å². The van der Waals surface area contributed by atoms with Crippen LogP contribution in [0.2, 0.25) is 0 Å². The molecule has 0 unspecified atom stereocenters. The summed E-state index contributed by atoms with van der Waals surface area (Å²) >= 11 is 0. The average Bonchev–Trinajstić information content (AvgIpc) is 2.15. The van der Waals surface area contributed by atoms with Crippen LogP contribution >= 0.6 is 0 Å². The summed E-state index contributed by atoms with van der Waals surface area (Å²) in [4.78, 5) is 10.9. The Morgan fingerprint density at radius 3 is 2.54 bits per heavy atom. The Hall–Kier alpha value is -1.61. The molecule has 0 aromatic heterocycles. The zero-order valence-electron chi connectivity index (χ0n) is 7.34. The van der Waals surface area contributed by atoms with Gasteiger partial charge in [0.1, 0.15) is 0 Å². The van der Waals surface area contributed by atoms with Crippen LogP contribution in [0.25, 0.3) is 6.08 Å². The molecule has 68 valence electrons. The molecule has 13 heavy (non-hydrogen) atoms. The topological polar surface area (TPSA) is 40.5 Å². The standard InChI is InChI=1S/C10H11NO2/c1-11(13)10(12)8-7-9-5-3-2-4-6-9/h2-8,13H,1H3/b8-7+. The van der Waals surface area contributed by atoms with Crippen LogP contribution in [0.15, 0.2) is 36.4 Å². The number of rotatable bonds is 2. The molecule has 1 aromatic carbocycles. The second-order valence-corrected chi connectivity index (χ2v) is 2.61. The van der Waals surface area contributed by atoms with Gasteiger partial charge in [-0.2, -0.15) is 0 Å². The van der Waals surface area contributed by atoms with Crippen molar-refractivity contribution in [2.75, 3.05) is 7.05 Å². The fraction of sp³-hybridized carbons (Fsp3) is 0.100. The quantitative estimate of drug-likeness (QED) is 0.423. The minimum absolute atomic E-state index is 0.441. The largest absolute Gasteiger partial charge is 0.286 e. The number of hydrogen-bond donors (Lipinski definition) is 1. The van der Waals surface area contributed by atoms with Crippen molar-refractivity contribution in [1.29, 1.82) is 0 Å². The van der Waals surface area contributed by atoms with E-state index in [2.05, 4.69) is 0 Å². The Balaban J connectivity index is 2.64. The molecule has 0 heterocycles. The smallest absolute Gasteiger partial charge is 0.269 e. The number of benzene rings is 1. The Morgan fingerprint density at radius 2 is 2.00 bits per heavy atom. The second-order valence-electron chi connectivity index (χ2n) is 2.61. The molecule has 0 atom stereocenters. The van der Waals surface area contributed by atoms with Crippen LogP contribution < -0.4 is 0 Å². The fourth-order valence-corrected chi connectivity index (χ4v) is 0.840. The van der Waals surface area contributed by atoms with E-state index in [0.717, 1.165) is 5.56 Å². The zero-order chi connectivity index (χ0) is 9.68. The normalized spacial score (nSPS) is 10.3. The van der Waals surface area contributed by atoms with E-state index in [1.54, 1.807) is 6.08 Å². The molecule has 1 N–H and O–H groups in total. The average molecular weight is 177 g/mol. The molecule has 3 nitrogen and oxygen atoms in total. The van der Waals surface area contributed by atoms with Crippen LogP contribution in [0.3, 0.4) is 0 Å². The van der Waals surface area contributed by atoms with Crippen LogP contribution in [-0.4, -0.2) is 23.2 Å². The minimum atomic E-state index is -0.441. The van der Waals surface area contributed by atoms with E-state index < -0.39 is 5.91 Å². The lowest BCUT2D eigenvalue weighted by Crippen LogP contribution is -2.19. The van der Waals surface area contributed by atoms with Gasteiger partial charge in [-0.3, -0.25) is 10.0 Å². The van der Waals surface area contributed by atoms with Gasteiger partial charge in [-0.25, -0.2) is 5.06 Å². The van der Waals surface area contributed by atoms with Gasteiger partial charge in [-0.05, 0) is 11.6 Å². The van der Waals surface area contributed by atoms with Crippen molar-refractivity contribution < 1.29 is 10.0 Å². The molecule has 0 bridgehead atoms. The van der Waals surface area contributed by atoms with Gasteiger partial charge in [-0.15, -0.1) is 0 Å². The SMILES string of the molecule is CN(O)C(=O)/C=C/c1ccccc1. The van der Waals surface area contributed by atoms with Gasteiger partial charge in [0.25, 0.3) is 5.91 Å². The highest BCUT2D eigenvalue weighted by molar-refractivity contribution is 5.90. The Bertz CT molecular complexity index is 304. The van der Waals surface area contributed by atoms with E-state index in [0.29, 0.717) is 5.06 Å². The number of hydroxylamine groups is 2. The molecular formula is C10H11NO2. The van der Waals surface area contributed by atoms with Gasteiger partial charge in [0.05, 0.1) is 0 Å². The molecule has 0 aliphatic rings. The maximum Gasteiger partial charge on any atom is 0.269 e. The van der Waals surface area contributed by atoms with Gasteiger partial charge >= 0.3 is 0 Å². The molecule has 0 spiro atoms. The zero-order valence-corrected chi connectivity index (χ0v) is 7.34. The number of amides is 1. The van der Waals surface area contributed by atoms with E-state index >= 15 is 0 Å². The van der Waals surface area contributed by atoms with Gasteiger partial charge in [0.15, 0.2) is 0 Å². The summed E-state index contributed by atoms with van der Waals surface area (Å²) in [5.41, 5.74) is 0.928. The number of likely N-dealkylation sites (N-methyl/N-ethyl adjacent to an activating group) is 1. The predicted molar refractivity (Wildman–Crippen MR) is 50.0 cm³/mol. The number of hydrogen-bond acceptors (Lipinski definition) is 2. The van der Waals surface area contributed by atoms with Gasteiger partial charge in [-0.1, -0.05) is 30.3 Å². The van der Waals surface area contributed by atoms with E-state index in [4.69, 9.17) is 5.21 Å². The first-order valence-corrected chi connectivity index (χ1v) is 3.90. The first-order valence-electron chi connectivity index (χ1n) is 3.90. The Morgan fingerprint density at radius 1 is 1.38 bits per heavy atom. The lowest BCUT2D eigenvalue weighted by atomic mass is 10.2. The maximum absolute atomic E-state index is 10.9. The summed E-state index contributed by atoms with van der Waals surface area (Å²) in [6.07, 6.45) is 2.96. The van der Waals surface area contributed by atoms with Crippen molar-refractivity contribution in [3.05, 3.63) is 42.0 Å². The van der Waals surface area contributed by atoms with Crippen molar-refractivity contribution >= 4 is 12.0 Å². The predicted octanol–water partition coefficient (Wildman–Crippen LogP) is 1.55. The molecule has 0 fully saturated rings. The van der Waals surface area contributed by atoms with Crippen LogP contribution in [0, 0.1) is 0 Å². The monoisotopic (exact) mass is 177 g/mol. The number of nitrogens with zero attached hydrogens (tertiary/aromatic N) is 1. The molecule has 0 saturated carbocycles. The van der Waals surface area contributed by atoms with Crippen molar-refractivity contribution in [2.45, 2.75) is 0 Å². The van der Waals surface area contributed by atoms with Crippen LogP contribution in [-0.2, 0) is 4.79 Å². The van der Waals surface area contributed by atoms with Crippen LogP contribution in [0.4, 0.5) is 0 Å². The summed E-state index contributed by atoms with van der Waals surface area (Å²) in [6.45, 7) is 0. The van der Waals surface area contributed by atoms with Gasteiger partial charge in [0, 0.05) is 13.1 Å². The highest BCUT2D eigenvalue weighted by Gasteiger charge is 1.97. The summed E-state index contributed by atoms with van der Waals surface area (Å²) in [5, 5.41) is 9.27. The summed E-state index contributed by atoms with van der Waals surface area (Å²) in [5.74, 6) is -0.441. The van der Waals surface area contributed by atoms with Crippen molar-refractivity contribution in [3.8, 4) is 0 Å². The molecule has 3 heteroatoms. The molecule has 0 radical (unpaired) electrons. The Kier molecular flexibility index (Phi) is 3.23. The molecule has 1 aromatic rings. The number of carbonyl (C=O) groups excluding carboxylic acids is 1. The third-order valence-electron chi connectivity index (χ3n) is 1.54. The van der Waals surface area contributed by atoms with Gasteiger partial charge < -0.3 is 0 Å². The lowest BCUT2D eigenvalue weighted by Gasteiger charge is -2.02. The molecular weight excluding hydrogens is 166 g/mol. The van der Waals surface area contributed by atoms with Crippen LogP contribution in [0.1, 0.15) is 5.56 Å². The third kappa shape index (κ3) is 3.09. The minimum Gasteiger partial charge on any atom is -0.286 e. The molecule has 0 saturated heterocycles. The van der Waals surface area contributed by atoms with Gasteiger partial charge in [0.2, 0.25) is 0 Å². The van der Waals surface area contributed by atoms with E-state index in [9.17, 15) is 4.79 Å². The van der Waals surface area contributed by atoms with E-state index in [-0.39, 0.29) is 0 Å². The summed E-state index contributed by atoms with van der Waals surface area (Å²) in [7, 11) is 1.29. The summed E-state index contributed by atoms with van der Waals surface area (Å²) < 4.78 is 0. The third-order valence-corrected chi connectivity index (χ3v) is 1.54. The first-order chi connectivity index (χ1) is 6.20. The molecule has 0 aliphatic heterocycles.